The van der Waals surface area contributed by atoms with Crippen LogP contribution in [0.25, 0.3) is 0 Å². The van der Waals surface area contributed by atoms with Gasteiger partial charge in [0.05, 0.1) is 9.92 Å². The Labute approximate surface area is 167 Å². The number of halogens is 2. The first-order valence-electron chi connectivity index (χ1n) is 8.74. The van der Waals surface area contributed by atoms with Gasteiger partial charge in [0.1, 0.15) is 17.2 Å². The van der Waals surface area contributed by atoms with Gasteiger partial charge < -0.3 is 5.32 Å². The SMILES string of the molecule is O=C1NC2(CCN(S(=O)(=O)c3ccc(F)c(Cl)c3)CC2)N=C1c1ccccc1. The lowest BCUT2D eigenvalue weighted by Gasteiger charge is -2.36. The minimum absolute atomic E-state index is 0.0567. The van der Waals surface area contributed by atoms with Crippen molar-refractivity contribution < 1.29 is 17.6 Å². The van der Waals surface area contributed by atoms with Crippen molar-refractivity contribution in [2.24, 2.45) is 4.99 Å². The van der Waals surface area contributed by atoms with Crippen molar-refractivity contribution >= 4 is 33.2 Å². The van der Waals surface area contributed by atoms with Crippen molar-refractivity contribution in [3.8, 4) is 0 Å². The first-order valence-corrected chi connectivity index (χ1v) is 10.6. The molecule has 0 bridgehead atoms. The van der Waals surface area contributed by atoms with Crippen LogP contribution in [0.4, 0.5) is 4.39 Å². The minimum Gasteiger partial charge on any atom is -0.326 e. The molecule has 1 N–H and O–H groups in total. The van der Waals surface area contributed by atoms with E-state index < -0.39 is 21.5 Å². The van der Waals surface area contributed by atoms with Crippen LogP contribution in [0.1, 0.15) is 18.4 Å². The van der Waals surface area contributed by atoms with E-state index in [1.165, 1.54) is 10.4 Å². The second-order valence-corrected chi connectivity index (χ2v) is 9.14. The van der Waals surface area contributed by atoms with Crippen LogP contribution in [0.15, 0.2) is 58.4 Å². The van der Waals surface area contributed by atoms with Gasteiger partial charge in [-0.15, -0.1) is 0 Å². The zero-order chi connectivity index (χ0) is 19.9. The number of amides is 1. The van der Waals surface area contributed by atoms with Crippen LogP contribution in [0.3, 0.4) is 0 Å². The standard InChI is InChI=1S/C19H17ClFN3O3S/c20-15-12-14(6-7-16(15)21)28(26,27)24-10-8-19(9-11-24)22-17(18(25)23-19)13-4-2-1-3-5-13/h1-7,12H,8-11H2,(H,23,25). The van der Waals surface area contributed by atoms with Gasteiger partial charge in [0.25, 0.3) is 5.91 Å². The number of carbonyl (C=O) groups excluding carboxylic acids is 1. The summed E-state index contributed by atoms with van der Waals surface area (Å²) in [5, 5.41) is 2.67. The van der Waals surface area contributed by atoms with E-state index in [-0.39, 0.29) is 28.9 Å². The van der Waals surface area contributed by atoms with Crippen LogP contribution in [0.5, 0.6) is 0 Å². The summed E-state index contributed by atoms with van der Waals surface area (Å²) in [5.74, 6) is -0.928. The fourth-order valence-corrected chi connectivity index (χ4v) is 5.19. The highest BCUT2D eigenvalue weighted by Crippen LogP contribution is 2.32. The smallest absolute Gasteiger partial charge is 0.272 e. The Balaban J connectivity index is 1.54. The Bertz CT molecular complexity index is 1070. The van der Waals surface area contributed by atoms with E-state index >= 15 is 0 Å². The van der Waals surface area contributed by atoms with E-state index in [1.54, 1.807) is 0 Å². The van der Waals surface area contributed by atoms with Crippen molar-refractivity contribution in [1.29, 1.82) is 0 Å². The number of rotatable bonds is 3. The second kappa shape index (κ2) is 6.95. The van der Waals surface area contributed by atoms with Crippen LogP contribution in [-0.2, 0) is 14.8 Å². The number of aliphatic imine (C=N–C) groups is 1. The summed E-state index contributed by atoms with van der Waals surface area (Å²) >= 11 is 5.72. The molecule has 1 spiro atoms. The predicted octanol–water partition coefficient (Wildman–Crippen LogP) is 2.58. The summed E-state index contributed by atoms with van der Waals surface area (Å²) in [6.07, 6.45) is 0.701. The number of piperidine rings is 1. The van der Waals surface area contributed by atoms with Crippen LogP contribution in [0.2, 0.25) is 5.02 Å². The molecule has 9 heteroatoms. The molecule has 0 unspecified atom stereocenters. The molecule has 4 rings (SSSR count). The first-order chi connectivity index (χ1) is 13.3. The molecule has 0 atom stereocenters. The Morgan fingerprint density at radius 3 is 2.43 bits per heavy atom. The average molecular weight is 422 g/mol. The molecule has 0 saturated carbocycles. The third kappa shape index (κ3) is 3.32. The quantitative estimate of drug-likeness (QED) is 0.827. The van der Waals surface area contributed by atoms with Crippen LogP contribution < -0.4 is 5.32 Å². The maximum atomic E-state index is 13.3. The molecule has 2 aliphatic rings. The van der Waals surface area contributed by atoms with Gasteiger partial charge in [-0.3, -0.25) is 9.79 Å². The molecule has 2 heterocycles. The number of carbonyl (C=O) groups is 1. The molecule has 0 aromatic heterocycles. The van der Waals surface area contributed by atoms with Crippen molar-refractivity contribution in [2.45, 2.75) is 23.4 Å². The van der Waals surface area contributed by atoms with Gasteiger partial charge in [-0.25, -0.2) is 12.8 Å². The first kappa shape index (κ1) is 19.0. The van der Waals surface area contributed by atoms with Gasteiger partial charge >= 0.3 is 0 Å². The number of hydrogen-bond donors (Lipinski definition) is 1. The Kier molecular flexibility index (Phi) is 4.73. The number of sulfonamides is 1. The fourth-order valence-electron chi connectivity index (χ4n) is 3.47. The van der Waals surface area contributed by atoms with Gasteiger partial charge in [0.2, 0.25) is 10.0 Å². The van der Waals surface area contributed by atoms with E-state index in [1.807, 2.05) is 30.3 Å². The largest absolute Gasteiger partial charge is 0.326 e. The molecule has 1 saturated heterocycles. The molecular weight excluding hydrogens is 405 g/mol. The van der Waals surface area contributed by atoms with Crippen LogP contribution in [-0.4, -0.2) is 43.1 Å². The second-order valence-electron chi connectivity index (χ2n) is 6.79. The van der Waals surface area contributed by atoms with Gasteiger partial charge in [0, 0.05) is 31.5 Å². The molecule has 1 amide bonds. The highest BCUT2D eigenvalue weighted by atomic mass is 35.5. The van der Waals surface area contributed by atoms with E-state index in [0.29, 0.717) is 18.6 Å². The van der Waals surface area contributed by atoms with Crippen molar-refractivity contribution in [1.82, 2.24) is 9.62 Å². The number of nitrogens with zero attached hydrogens (tertiary/aromatic N) is 2. The molecule has 0 radical (unpaired) electrons. The summed E-state index contributed by atoms with van der Waals surface area (Å²) in [7, 11) is -3.81. The molecule has 28 heavy (non-hydrogen) atoms. The summed E-state index contributed by atoms with van der Waals surface area (Å²) in [5.41, 5.74) is 0.296. The van der Waals surface area contributed by atoms with Gasteiger partial charge in [-0.2, -0.15) is 4.31 Å². The van der Waals surface area contributed by atoms with Gasteiger partial charge in [-0.1, -0.05) is 41.9 Å². The lowest BCUT2D eigenvalue weighted by molar-refractivity contribution is -0.115. The Morgan fingerprint density at radius 2 is 1.79 bits per heavy atom. The summed E-state index contributed by atoms with van der Waals surface area (Å²) in [6, 6.07) is 12.5. The number of nitrogens with one attached hydrogen (secondary N) is 1. The maximum absolute atomic E-state index is 13.3. The molecule has 2 aromatic rings. The highest BCUT2D eigenvalue weighted by molar-refractivity contribution is 7.89. The fraction of sp³-hybridized carbons (Fsp3) is 0.263. The average Bonchev–Trinajstić information content (AvgIpc) is 3.00. The summed E-state index contributed by atoms with van der Waals surface area (Å²) in [4.78, 5) is 16.9. The monoisotopic (exact) mass is 421 g/mol. The molecule has 1 fully saturated rings. The van der Waals surface area contributed by atoms with Crippen LogP contribution >= 0.6 is 11.6 Å². The maximum Gasteiger partial charge on any atom is 0.272 e. The lowest BCUT2D eigenvalue weighted by Crippen LogP contribution is -2.52. The van der Waals surface area contributed by atoms with E-state index in [2.05, 4.69) is 10.3 Å². The summed E-state index contributed by atoms with van der Waals surface area (Å²) < 4.78 is 40.3. The molecule has 146 valence electrons. The van der Waals surface area contributed by atoms with Crippen LogP contribution in [0, 0.1) is 5.82 Å². The molecule has 2 aliphatic heterocycles. The van der Waals surface area contributed by atoms with Crippen molar-refractivity contribution in [3.05, 3.63) is 64.9 Å². The topological polar surface area (TPSA) is 78.8 Å². The minimum atomic E-state index is -3.81. The third-order valence-electron chi connectivity index (χ3n) is 5.01. The Hall–Kier alpha value is -2.29. The molecule has 0 aliphatic carbocycles. The Morgan fingerprint density at radius 1 is 1.11 bits per heavy atom. The molecule has 6 nitrogen and oxygen atoms in total. The van der Waals surface area contributed by atoms with E-state index in [0.717, 1.165) is 17.7 Å². The molecule has 2 aromatic carbocycles. The normalized spacial score (nSPS) is 19.5. The van der Waals surface area contributed by atoms with Gasteiger partial charge in [0.15, 0.2) is 0 Å². The lowest BCUT2D eigenvalue weighted by atomic mass is 10.00. The van der Waals surface area contributed by atoms with E-state index in [9.17, 15) is 17.6 Å². The third-order valence-corrected chi connectivity index (χ3v) is 7.20. The zero-order valence-corrected chi connectivity index (χ0v) is 16.3. The zero-order valence-electron chi connectivity index (χ0n) is 14.7. The highest BCUT2D eigenvalue weighted by Gasteiger charge is 2.44. The molecular formula is C19H17ClFN3O3S. The van der Waals surface area contributed by atoms with Gasteiger partial charge in [-0.05, 0) is 18.2 Å². The van der Waals surface area contributed by atoms with Crippen molar-refractivity contribution in [3.63, 3.8) is 0 Å². The number of hydrogen-bond acceptors (Lipinski definition) is 4. The van der Waals surface area contributed by atoms with E-state index in [4.69, 9.17) is 11.6 Å². The predicted molar refractivity (Wildman–Crippen MR) is 103 cm³/mol. The number of benzene rings is 2. The summed E-state index contributed by atoms with van der Waals surface area (Å²) in [6.45, 7) is 0.367. The van der Waals surface area contributed by atoms with Crippen molar-refractivity contribution in [2.75, 3.05) is 13.1 Å².